The molecule has 0 spiro atoms. The van der Waals surface area contributed by atoms with Crippen molar-refractivity contribution in [2.75, 3.05) is 6.61 Å². The zero-order chi connectivity index (χ0) is 24.5. The Morgan fingerprint density at radius 2 is 1.80 bits per heavy atom. The van der Waals surface area contributed by atoms with Gasteiger partial charge in [0.05, 0.1) is 12.5 Å². The fourth-order valence-electron chi connectivity index (χ4n) is 3.89. The summed E-state index contributed by atoms with van der Waals surface area (Å²) in [5.74, 6) is -0.0784. The molecule has 0 saturated heterocycles. The lowest BCUT2D eigenvalue weighted by Crippen LogP contribution is -2.41. The van der Waals surface area contributed by atoms with Crippen LogP contribution in [0.5, 0.6) is 5.75 Å². The van der Waals surface area contributed by atoms with Crippen molar-refractivity contribution in [2.45, 2.75) is 18.9 Å². The summed E-state index contributed by atoms with van der Waals surface area (Å²) < 4.78 is 6.05. The number of hydrogen-bond donors (Lipinski definition) is 4. The number of para-hydroxylation sites is 1. The molecule has 4 rings (SSSR count). The van der Waals surface area contributed by atoms with E-state index in [-0.39, 0.29) is 18.6 Å². The fraction of sp³-hybridized carbons (Fsp3) is 0.143. The summed E-state index contributed by atoms with van der Waals surface area (Å²) in [4.78, 5) is 27.3. The number of hydroxylamine groups is 1. The van der Waals surface area contributed by atoms with E-state index in [1.807, 2.05) is 72.9 Å². The van der Waals surface area contributed by atoms with Crippen LogP contribution >= 0.6 is 0 Å². The Hall–Kier alpha value is -4.36. The second kappa shape index (κ2) is 11.7. The zero-order valence-corrected chi connectivity index (χ0v) is 19.1. The van der Waals surface area contributed by atoms with Crippen LogP contribution in [0, 0.1) is 0 Å². The quantitative estimate of drug-likeness (QED) is 0.160. The minimum atomic E-state index is -0.615. The van der Waals surface area contributed by atoms with E-state index in [9.17, 15) is 9.59 Å². The van der Waals surface area contributed by atoms with Crippen molar-refractivity contribution in [1.29, 1.82) is 0 Å². The molecular weight excluding hydrogens is 442 g/mol. The van der Waals surface area contributed by atoms with Crippen LogP contribution in [0.1, 0.15) is 16.7 Å². The maximum Gasteiger partial charge on any atom is 0.267 e. The van der Waals surface area contributed by atoms with Gasteiger partial charge in [-0.3, -0.25) is 14.8 Å². The molecule has 1 atom stereocenters. The van der Waals surface area contributed by atoms with Gasteiger partial charge in [-0.1, -0.05) is 60.7 Å². The van der Waals surface area contributed by atoms with Crippen molar-refractivity contribution >= 4 is 28.8 Å². The van der Waals surface area contributed by atoms with Gasteiger partial charge in [-0.05, 0) is 47.4 Å². The van der Waals surface area contributed by atoms with Crippen molar-refractivity contribution in [2.24, 2.45) is 0 Å². The molecule has 7 nitrogen and oxygen atoms in total. The normalized spacial score (nSPS) is 11.9. The van der Waals surface area contributed by atoms with Crippen LogP contribution in [0.2, 0.25) is 0 Å². The highest BCUT2D eigenvalue weighted by Gasteiger charge is 2.17. The molecule has 4 aromatic rings. The summed E-state index contributed by atoms with van der Waals surface area (Å²) in [5, 5.41) is 12.9. The number of rotatable bonds is 10. The van der Waals surface area contributed by atoms with Crippen LogP contribution in [-0.4, -0.2) is 34.7 Å². The molecule has 0 radical (unpaired) electrons. The molecular formula is C28H27N3O4. The van der Waals surface area contributed by atoms with E-state index in [0.717, 1.165) is 27.6 Å². The summed E-state index contributed by atoms with van der Waals surface area (Å²) in [6.07, 6.45) is 5.66. The zero-order valence-electron chi connectivity index (χ0n) is 19.1. The van der Waals surface area contributed by atoms with Crippen LogP contribution in [0.3, 0.4) is 0 Å². The first-order valence-corrected chi connectivity index (χ1v) is 11.3. The average molecular weight is 470 g/mol. The number of ether oxygens (including phenoxy) is 1. The Morgan fingerprint density at radius 1 is 1.00 bits per heavy atom. The monoisotopic (exact) mass is 469 g/mol. The third kappa shape index (κ3) is 6.82. The number of aromatic nitrogens is 1. The number of fused-ring (bicyclic) bond motifs is 1. The predicted molar refractivity (Wildman–Crippen MR) is 135 cm³/mol. The third-order valence-electron chi connectivity index (χ3n) is 5.56. The number of carbonyl (C=O) groups excluding carboxylic acids is 2. The van der Waals surface area contributed by atoms with Crippen LogP contribution in [0.4, 0.5) is 0 Å². The van der Waals surface area contributed by atoms with Gasteiger partial charge in [0, 0.05) is 23.2 Å². The molecule has 0 aliphatic heterocycles. The predicted octanol–water partition coefficient (Wildman–Crippen LogP) is 4.04. The van der Waals surface area contributed by atoms with Gasteiger partial charge in [-0.15, -0.1) is 0 Å². The highest BCUT2D eigenvalue weighted by atomic mass is 16.5. The number of hydrogen-bond acceptors (Lipinski definition) is 4. The SMILES string of the molecule is O=C(/C=C/c1cccc(OC[C@H](Cc2c[nH]c3ccccc23)NC(=O)Cc2ccccc2)c1)NO. The molecule has 7 heteroatoms. The van der Waals surface area contributed by atoms with E-state index >= 15 is 0 Å². The minimum Gasteiger partial charge on any atom is -0.491 e. The molecule has 1 aromatic heterocycles. The Balaban J connectivity index is 1.47. The van der Waals surface area contributed by atoms with E-state index < -0.39 is 5.91 Å². The number of H-pyrrole nitrogens is 1. The average Bonchev–Trinajstić information content (AvgIpc) is 3.29. The number of nitrogens with one attached hydrogen (secondary N) is 3. The standard InChI is InChI=1S/C28H27N3O4/c32-27(31-34)14-13-21-9-6-10-24(15-21)35-19-23(30-28(33)16-20-7-2-1-3-8-20)17-22-18-29-26-12-5-4-11-25(22)26/h1-15,18,23,29,34H,16-17,19H2,(H,30,33)(H,31,32)/b14-13+/t23-/m0/s1. The van der Waals surface area contributed by atoms with Gasteiger partial charge in [-0.25, -0.2) is 5.48 Å². The lowest BCUT2D eigenvalue weighted by Gasteiger charge is -2.20. The van der Waals surface area contributed by atoms with Crippen LogP contribution in [0.15, 0.2) is 91.1 Å². The summed E-state index contributed by atoms with van der Waals surface area (Å²) >= 11 is 0. The summed E-state index contributed by atoms with van der Waals surface area (Å²) in [5.41, 5.74) is 5.39. The van der Waals surface area contributed by atoms with Crippen molar-refractivity contribution in [3.05, 3.63) is 108 Å². The van der Waals surface area contributed by atoms with Gasteiger partial charge in [-0.2, -0.15) is 0 Å². The highest BCUT2D eigenvalue weighted by molar-refractivity contribution is 5.90. The Labute approximate surface area is 203 Å². The molecule has 0 unspecified atom stereocenters. The molecule has 35 heavy (non-hydrogen) atoms. The highest BCUT2D eigenvalue weighted by Crippen LogP contribution is 2.20. The van der Waals surface area contributed by atoms with Gasteiger partial charge >= 0.3 is 0 Å². The molecule has 0 bridgehead atoms. The Kier molecular flexibility index (Phi) is 7.93. The third-order valence-corrected chi connectivity index (χ3v) is 5.56. The van der Waals surface area contributed by atoms with Crippen molar-refractivity contribution in [1.82, 2.24) is 15.8 Å². The second-order valence-corrected chi connectivity index (χ2v) is 8.18. The topological polar surface area (TPSA) is 103 Å². The number of carbonyl (C=O) groups is 2. The van der Waals surface area contributed by atoms with Gasteiger partial charge < -0.3 is 15.0 Å². The van der Waals surface area contributed by atoms with Gasteiger partial charge in [0.25, 0.3) is 5.91 Å². The number of aromatic amines is 1. The number of amides is 2. The Morgan fingerprint density at radius 3 is 2.63 bits per heavy atom. The molecule has 0 aliphatic carbocycles. The van der Waals surface area contributed by atoms with Crippen LogP contribution in [0.25, 0.3) is 17.0 Å². The maximum absolute atomic E-state index is 12.8. The summed E-state index contributed by atoms with van der Waals surface area (Å²) in [6, 6.07) is 24.7. The first-order valence-electron chi connectivity index (χ1n) is 11.3. The van der Waals surface area contributed by atoms with Crippen molar-refractivity contribution in [3.8, 4) is 5.75 Å². The minimum absolute atomic E-state index is 0.0728. The van der Waals surface area contributed by atoms with E-state index in [1.54, 1.807) is 17.6 Å². The second-order valence-electron chi connectivity index (χ2n) is 8.18. The van der Waals surface area contributed by atoms with Crippen LogP contribution in [-0.2, 0) is 22.4 Å². The smallest absolute Gasteiger partial charge is 0.267 e. The van der Waals surface area contributed by atoms with E-state index in [0.29, 0.717) is 18.6 Å². The summed E-state index contributed by atoms with van der Waals surface area (Å²) in [7, 11) is 0. The molecule has 0 fully saturated rings. The molecule has 4 N–H and O–H groups in total. The Bertz CT molecular complexity index is 1310. The number of benzene rings is 3. The first kappa shape index (κ1) is 23.8. The molecule has 2 amide bonds. The summed E-state index contributed by atoms with van der Waals surface area (Å²) in [6.45, 7) is 0.268. The fourth-order valence-corrected chi connectivity index (χ4v) is 3.89. The van der Waals surface area contributed by atoms with E-state index in [1.165, 1.54) is 6.08 Å². The van der Waals surface area contributed by atoms with E-state index in [2.05, 4.69) is 16.4 Å². The molecule has 3 aromatic carbocycles. The molecule has 1 heterocycles. The van der Waals surface area contributed by atoms with Gasteiger partial charge in [0.2, 0.25) is 5.91 Å². The first-order chi connectivity index (χ1) is 17.1. The van der Waals surface area contributed by atoms with Crippen molar-refractivity contribution in [3.63, 3.8) is 0 Å². The van der Waals surface area contributed by atoms with Gasteiger partial charge in [0.15, 0.2) is 0 Å². The lowest BCUT2D eigenvalue weighted by atomic mass is 10.0. The lowest BCUT2D eigenvalue weighted by molar-refractivity contribution is -0.124. The van der Waals surface area contributed by atoms with Crippen molar-refractivity contribution < 1.29 is 19.5 Å². The largest absolute Gasteiger partial charge is 0.491 e. The molecule has 0 aliphatic rings. The van der Waals surface area contributed by atoms with E-state index in [4.69, 9.17) is 9.94 Å². The molecule has 0 saturated carbocycles. The maximum atomic E-state index is 12.8. The van der Waals surface area contributed by atoms with Crippen LogP contribution < -0.4 is 15.5 Å². The van der Waals surface area contributed by atoms with Gasteiger partial charge in [0.1, 0.15) is 12.4 Å². The molecule has 178 valence electrons.